The molecule has 6 nitrogen and oxygen atoms in total. The van der Waals surface area contributed by atoms with Crippen LogP contribution in [0.2, 0.25) is 0 Å². The molecule has 1 aliphatic heterocycles. The van der Waals surface area contributed by atoms with Crippen LogP contribution in [0.4, 0.5) is 5.69 Å². The number of rotatable bonds is 5. The minimum absolute atomic E-state index is 0.0173. The van der Waals surface area contributed by atoms with Crippen LogP contribution < -0.4 is 5.32 Å². The van der Waals surface area contributed by atoms with Crippen LogP contribution in [0.25, 0.3) is 10.2 Å². The van der Waals surface area contributed by atoms with E-state index in [-0.39, 0.29) is 11.8 Å². The molecule has 3 heterocycles. The van der Waals surface area contributed by atoms with Gasteiger partial charge in [0, 0.05) is 18.5 Å². The molecule has 1 saturated heterocycles. The maximum absolute atomic E-state index is 13.2. The zero-order valence-electron chi connectivity index (χ0n) is 18.6. The normalized spacial score (nSPS) is 13.9. The van der Waals surface area contributed by atoms with Crippen molar-refractivity contribution in [2.45, 2.75) is 32.7 Å². The topological polar surface area (TPSA) is 67.2 Å². The van der Waals surface area contributed by atoms with Gasteiger partial charge in [-0.25, -0.2) is 0 Å². The number of piperidine rings is 1. The molecule has 0 aliphatic carbocycles. The molecule has 1 aliphatic rings. The summed E-state index contributed by atoms with van der Waals surface area (Å²) in [6, 6.07) is 19.3. The predicted octanol–water partition coefficient (Wildman–Crippen LogP) is 5.33. The Kier molecular flexibility index (Phi) is 5.96. The fourth-order valence-corrected chi connectivity index (χ4v) is 5.37. The minimum Gasteiger partial charge on any atom is -0.339 e. The van der Waals surface area contributed by atoms with Crippen molar-refractivity contribution in [2.24, 2.45) is 0 Å². The predicted molar refractivity (Wildman–Crippen MR) is 132 cm³/mol. The average molecular weight is 459 g/mol. The van der Waals surface area contributed by atoms with Gasteiger partial charge in [-0.05, 0) is 49.9 Å². The van der Waals surface area contributed by atoms with Crippen LogP contribution in [0.3, 0.4) is 0 Å². The largest absolute Gasteiger partial charge is 0.339 e. The first-order valence-corrected chi connectivity index (χ1v) is 12.1. The van der Waals surface area contributed by atoms with E-state index in [1.54, 1.807) is 12.1 Å². The Morgan fingerprint density at radius 2 is 1.73 bits per heavy atom. The minimum atomic E-state index is -0.208. The molecule has 1 N–H and O–H groups in total. The van der Waals surface area contributed by atoms with Gasteiger partial charge in [0.05, 0.1) is 28.4 Å². The van der Waals surface area contributed by atoms with Crippen LogP contribution in [0.15, 0.2) is 60.7 Å². The Morgan fingerprint density at radius 3 is 2.52 bits per heavy atom. The molecule has 33 heavy (non-hydrogen) atoms. The molecule has 5 rings (SSSR count). The standard InChI is InChI=1S/C26H26N4O2S/c1-18-21-16-23(33-26(21)30(28-18)17-19-10-4-2-5-11-19)24(31)27-22-13-7-6-12-20(22)25(32)29-14-8-3-9-15-29/h2,4-7,10-13,16H,3,8-9,14-15,17H2,1H3,(H,27,31). The quantitative estimate of drug-likeness (QED) is 0.439. The lowest BCUT2D eigenvalue weighted by Gasteiger charge is -2.27. The molecule has 2 aromatic carbocycles. The Balaban J connectivity index is 1.39. The summed E-state index contributed by atoms with van der Waals surface area (Å²) in [6.45, 7) is 4.16. The van der Waals surface area contributed by atoms with E-state index in [0.29, 0.717) is 22.7 Å². The summed E-state index contributed by atoms with van der Waals surface area (Å²) in [5.74, 6) is -0.225. The number of para-hydroxylation sites is 1. The summed E-state index contributed by atoms with van der Waals surface area (Å²) in [4.78, 5) is 29.7. The molecule has 0 atom stereocenters. The van der Waals surface area contributed by atoms with Crippen molar-refractivity contribution in [3.05, 3.63) is 82.4 Å². The van der Waals surface area contributed by atoms with Crippen LogP contribution in [0.1, 0.15) is 50.5 Å². The monoisotopic (exact) mass is 458 g/mol. The number of nitrogens with one attached hydrogen (secondary N) is 1. The van der Waals surface area contributed by atoms with Crippen LogP contribution in [-0.4, -0.2) is 39.6 Å². The van der Waals surface area contributed by atoms with Crippen LogP contribution in [-0.2, 0) is 6.54 Å². The summed E-state index contributed by atoms with van der Waals surface area (Å²) < 4.78 is 1.95. The lowest BCUT2D eigenvalue weighted by Crippen LogP contribution is -2.36. The number of fused-ring (bicyclic) bond motifs is 1. The molecule has 0 unspecified atom stereocenters. The lowest BCUT2D eigenvalue weighted by molar-refractivity contribution is 0.0725. The van der Waals surface area contributed by atoms with Gasteiger partial charge in [0.2, 0.25) is 0 Å². The average Bonchev–Trinajstić information content (AvgIpc) is 3.41. The van der Waals surface area contributed by atoms with Crippen molar-refractivity contribution < 1.29 is 9.59 Å². The molecule has 2 amide bonds. The zero-order chi connectivity index (χ0) is 22.8. The van der Waals surface area contributed by atoms with E-state index in [1.165, 1.54) is 11.3 Å². The number of carbonyl (C=O) groups is 2. The Bertz CT molecular complexity index is 1300. The molecule has 4 aromatic rings. The number of amides is 2. The third-order valence-corrected chi connectivity index (χ3v) is 7.20. The van der Waals surface area contributed by atoms with Crippen molar-refractivity contribution in [1.29, 1.82) is 0 Å². The van der Waals surface area contributed by atoms with Gasteiger partial charge in [0.15, 0.2) is 0 Å². The van der Waals surface area contributed by atoms with Gasteiger partial charge in [-0.2, -0.15) is 5.10 Å². The first-order valence-electron chi connectivity index (χ1n) is 11.3. The van der Waals surface area contributed by atoms with E-state index in [1.807, 2.05) is 52.9 Å². The van der Waals surface area contributed by atoms with Crippen molar-refractivity contribution >= 4 is 39.1 Å². The summed E-state index contributed by atoms with van der Waals surface area (Å²) in [5, 5.41) is 8.63. The first-order chi connectivity index (χ1) is 16.1. The highest BCUT2D eigenvalue weighted by molar-refractivity contribution is 7.20. The number of aromatic nitrogens is 2. The number of benzene rings is 2. The summed E-state index contributed by atoms with van der Waals surface area (Å²) in [6.07, 6.45) is 3.22. The molecule has 168 valence electrons. The number of nitrogens with zero attached hydrogens (tertiary/aromatic N) is 3. The maximum atomic E-state index is 13.2. The molecule has 0 saturated carbocycles. The highest BCUT2D eigenvalue weighted by atomic mass is 32.1. The van der Waals surface area contributed by atoms with Gasteiger partial charge in [-0.3, -0.25) is 14.3 Å². The van der Waals surface area contributed by atoms with E-state index in [4.69, 9.17) is 0 Å². The summed E-state index contributed by atoms with van der Waals surface area (Å²) in [5.41, 5.74) is 3.15. The Hall–Kier alpha value is -3.45. The smallest absolute Gasteiger partial charge is 0.265 e. The highest BCUT2D eigenvalue weighted by Gasteiger charge is 2.22. The van der Waals surface area contributed by atoms with Gasteiger partial charge >= 0.3 is 0 Å². The van der Waals surface area contributed by atoms with Crippen molar-refractivity contribution in [3.63, 3.8) is 0 Å². The second kappa shape index (κ2) is 9.19. The molecule has 0 radical (unpaired) electrons. The van der Waals surface area contributed by atoms with Gasteiger partial charge in [-0.1, -0.05) is 42.5 Å². The lowest BCUT2D eigenvalue weighted by atomic mass is 10.1. The second-order valence-corrected chi connectivity index (χ2v) is 9.44. The van der Waals surface area contributed by atoms with E-state index in [0.717, 1.165) is 53.8 Å². The molecular weight excluding hydrogens is 432 g/mol. The number of carbonyl (C=O) groups excluding carboxylic acids is 2. The maximum Gasteiger partial charge on any atom is 0.265 e. The van der Waals surface area contributed by atoms with Crippen molar-refractivity contribution in [3.8, 4) is 0 Å². The number of hydrogen-bond acceptors (Lipinski definition) is 4. The zero-order valence-corrected chi connectivity index (χ0v) is 19.4. The Morgan fingerprint density at radius 1 is 1.00 bits per heavy atom. The molecule has 2 aromatic heterocycles. The molecule has 0 bridgehead atoms. The number of anilines is 1. The summed E-state index contributed by atoms with van der Waals surface area (Å²) >= 11 is 1.43. The summed E-state index contributed by atoms with van der Waals surface area (Å²) in [7, 11) is 0. The fraction of sp³-hybridized carbons (Fsp3) is 0.269. The highest BCUT2D eigenvalue weighted by Crippen LogP contribution is 2.30. The second-order valence-electron chi connectivity index (χ2n) is 8.41. The number of thiophene rings is 1. The number of aryl methyl sites for hydroxylation is 1. The van der Waals surface area contributed by atoms with Gasteiger partial charge in [0.25, 0.3) is 11.8 Å². The number of hydrogen-bond donors (Lipinski definition) is 1. The van der Waals surface area contributed by atoms with Gasteiger partial charge < -0.3 is 10.2 Å². The van der Waals surface area contributed by atoms with E-state index >= 15 is 0 Å². The van der Waals surface area contributed by atoms with Crippen molar-refractivity contribution in [2.75, 3.05) is 18.4 Å². The number of likely N-dealkylation sites (tertiary alicyclic amines) is 1. The van der Waals surface area contributed by atoms with E-state index < -0.39 is 0 Å². The Labute approximate surface area is 196 Å². The van der Waals surface area contributed by atoms with E-state index in [9.17, 15) is 9.59 Å². The van der Waals surface area contributed by atoms with Gasteiger partial charge in [-0.15, -0.1) is 11.3 Å². The van der Waals surface area contributed by atoms with Crippen LogP contribution in [0.5, 0.6) is 0 Å². The molecule has 0 spiro atoms. The first kappa shape index (κ1) is 21.4. The van der Waals surface area contributed by atoms with E-state index in [2.05, 4.69) is 22.5 Å². The third kappa shape index (κ3) is 4.41. The molecule has 1 fully saturated rings. The SMILES string of the molecule is Cc1nn(Cc2ccccc2)c2sc(C(=O)Nc3ccccc3C(=O)N3CCCCC3)cc12. The third-order valence-electron chi connectivity index (χ3n) is 6.06. The van der Waals surface area contributed by atoms with Crippen molar-refractivity contribution in [1.82, 2.24) is 14.7 Å². The van der Waals surface area contributed by atoms with Crippen LogP contribution in [0, 0.1) is 6.92 Å². The van der Waals surface area contributed by atoms with Crippen LogP contribution >= 0.6 is 11.3 Å². The molecule has 7 heteroatoms. The fourth-order valence-electron chi connectivity index (χ4n) is 4.32. The van der Waals surface area contributed by atoms with Gasteiger partial charge in [0.1, 0.15) is 4.83 Å². The molecular formula is C26H26N4O2S.